The Morgan fingerprint density at radius 3 is 2.77 bits per heavy atom. The zero-order chi connectivity index (χ0) is 18.5. The molecule has 0 aromatic heterocycles. The molecule has 4 nitrogen and oxygen atoms in total. The molecule has 2 aromatic carbocycles. The maximum atomic E-state index is 13.8. The maximum Gasteiger partial charge on any atom is 0.233 e. The smallest absolute Gasteiger partial charge is 0.233 e. The van der Waals surface area contributed by atoms with E-state index in [4.69, 9.17) is 9.47 Å². The van der Waals surface area contributed by atoms with Crippen molar-refractivity contribution in [1.29, 1.82) is 0 Å². The molecule has 1 unspecified atom stereocenters. The van der Waals surface area contributed by atoms with Crippen molar-refractivity contribution in [2.75, 3.05) is 26.5 Å². The molecule has 138 valence electrons. The third-order valence-corrected chi connectivity index (χ3v) is 5.59. The summed E-state index contributed by atoms with van der Waals surface area (Å²) in [6.07, 6.45) is 1.83. The number of nitrogens with zero attached hydrogens (tertiary/aromatic N) is 1. The summed E-state index contributed by atoms with van der Waals surface area (Å²) in [5.41, 5.74) is 0.982. The second-order valence-electron chi connectivity index (χ2n) is 6.07. The zero-order valence-electron chi connectivity index (χ0n) is 14.9. The SMILES string of the molecule is COc1ccc(C2CCCN2C(=O)CSc2ccccc2F)c(OC)c1. The fourth-order valence-electron chi connectivity index (χ4n) is 3.27. The number of carbonyl (C=O) groups excluding carboxylic acids is 1. The van der Waals surface area contributed by atoms with Crippen LogP contribution in [-0.2, 0) is 4.79 Å². The second kappa shape index (κ2) is 8.45. The van der Waals surface area contributed by atoms with Gasteiger partial charge < -0.3 is 14.4 Å². The molecule has 2 aromatic rings. The summed E-state index contributed by atoms with van der Waals surface area (Å²) in [6.45, 7) is 0.705. The number of thioether (sulfide) groups is 1. The highest BCUT2D eigenvalue weighted by atomic mass is 32.2. The van der Waals surface area contributed by atoms with Crippen molar-refractivity contribution in [3.8, 4) is 11.5 Å². The van der Waals surface area contributed by atoms with Crippen LogP contribution in [0.2, 0.25) is 0 Å². The first kappa shape index (κ1) is 18.6. The lowest BCUT2D eigenvalue weighted by Gasteiger charge is -2.26. The number of halogens is 1. The van der Waals surface area contributed by atoms with Crippen LogP contribution in [0.5, 0.6) is 11.5 Å². The molecule has 0 aliphatic carbocycles. The maximum absolute atomic E-state index is 13.8. The summed E-state index contributed by atoms with van der Waals surface area (Å²) in [4.78, 5) is 15.1. The minimum atomic E-state index is -0.292. The van der Waals surface area contributed by atoms with Crippen LogP contribution in [0.15, 0.2) is 47.4 Å². The van der Waals surface area contributed by atoms with Crippen LogP contribution >= 0.6 is 11.8 Å². The highest BCUT2D eigenvalue weighted by Crippen LogP contribution is 2.39. The van der Waals surface area contributed by atoms with Crippen molar-refractivity contribution in [2.24, 2.45) is 0 Å². The summed E-state index contributed by atoms with van der Waals surface area (Å²) < 4.78 is 24.5. The van der Waals surface area contributed by atoms with Gasteiger partial charge in [0.1, 0.15) is 17.3 Å². The van der Waals surface area contributed by atoms with E-state index in [1.807, 2.05) is 23.1 Å². The summed E-state index contributed by atoms with van der Waals surface area (Å²) in [6, 6.07) is 12.2. The largest absolute Gasteiger partial charge is 0.497 e. The number of ether oxygens (including phenoxy) is 2. The van der Waals surface area contributed by atoms with Crippen molar-refractivity contribution in [1.82, 2.24) is 4.90 Å². The van der Waals surface area contributed by atoms with Gasteiger partial charge in [-0.3, -0.25) is 4.79 Å². The summed E-state index contributed by atoms with van der Waals surface area (Å²) in [7, 11) is 3.23. The molecule has 1 fully saturated rings. The molecule has 1 saturated heterocycles. The summed E-state index contributed by atoms with van der Waals surface area (Å²) in [5.74, 6) is 1.38. The number of benzene rings is 2. The van der Waals surface area contributed by atoms with E-state index >= 15 is 0 Å². The van der Waals surface area contributed by atoms with E-state index in [-0.39, 0.29) is 23.5 Å². The van der Waals surface area contributed by atoms with E-state index in [2.05, 4.69) is 0 Å². The van der Waals surface area contributed by atoms with Crippen molar-refractivity contribution >= 4 is 17.7 Å². The molecular weight excluding hydrogens is 353 g/mol. The Hall–Kier alpha value is -2.21. The number of methoxy groups -OCH3 is 2. The fourth-order valence-corrected chi connectivity index (χ4v) is 4.09. The van der Waals surface area contributed by atoms with Gasteiger partial charge in [-0.05, 0) is 37.1 Å². The molecule has 0 spiro atoms. The van der Waals surface area contributed by atoms with Gasteiger partial charge in [0.2, 0.25) is 5.91 Å². The van der Waals surface area contributed by atoms with Crippen LogP contribution in [0.4, 0.5) is 4.39 Å². The van der Waals surface area contributed by atoms with Gasteiger partial charge in [-0.1, -0.05) is 12.1 Å². The van der Waals surface area contributed by atoms with Crippen LogP contribution in [-0.4, -0.2) is 37.3 Å². The molecule has 1 atom stereocenters. The molecule has 0 bridgehead atoms. The molecule has 1 heterocycles. The second-order valence-corrected chi connectivity index (χ2v) is 7.09. The van der Waals surface area contributed by atoms with Crippen LogP contribution in [0.1, 0.15) is 24.4 Å². The Bertz CT molecular complexity index is 783. The zero-order valence-corrected chi connectivity index (χ0v) is 15.7. The number of hydrogen-bond acceptors (Lipinski definition) is 4. The van der Waals surface area contributed by atoms with E-state index in [1.54, 1.807) is 32.4 Å². The van der Waals surface area contributed by atoms with E-state index in [9.17, 15) is 9.18 Å². The lowest BCUT2D eigenvalue weighted by Crippen LogP contribution is -2.32. The average molecular weight is 375 g/mol. The molecular formula is C20H22FNO3S. The lowest BCUT2D eigenvalue weighted by molar-refractivity contribution is -0.129. The number of amides is 1. The fraction of sp³-hybridized carbons (Fsp3) is 0.350. The molecule has 0 radical (unpaired) electrons. The van der Waals surface area contributed by atoms with Gasteiger partial charge in [-0.2, -0.15) is 0 Å². The van der Waals surface area contributed by atoms with Crippen molar-refractivity contribution in [2.45, 2.75) is 23.8 Å². The van der Waals surface area contributed by atoms with Gasteiger partial charge >= 0.3 is 0 Å². The Kier molecular flexibility index (Phi) is 6.04. The highest BCUT2D eigenvalue weighted by Gasteiger charge is 2.31. The summed E-state index contributed by atoms with van der Waals surface area (Å²) in [5, 5.41) is 0. The molecule has 1 aliphatic heterocycles. The number of likely N-dealkylation sites (tertiary alicyclic amines) is 1. The van der Waals surface area contributed by atoms with Crippen LogP contribution in [0, 0.1) is 5.82 Å². The first-order chi connectivity index (χ1) is 12.6. The minimum Gasteiger partial charge on any atom is -0.497 e. The van der Waals surface area contributed by atoms with Crippen LogP contribution in [0.3, 0.4) is 0 Å². The normalized spacial score (nSPS) is 16.6. The van der Waals surface area contributed by atoms with Crippen molar-refractivity contribution in [3.63, 3.8) is 0 Å². The topological polar surface area (TPSA) is 38.8 Å². The number of hydrogen-bond donors (Lipinski definition) is 0. The van der Waals surface area contributed by atoms with Crippen LogP contribution in [0.25, 0.3) is 0 Å². The monoisotopic (exact) mass is 375 g/mol. The standard InChI is InChI=1S/C20H22FNO3S/c1-24-14-9-10-15(18(12-14)25-2)17-7-5-11-22(17)20(23)13-26-19-8-4-3-6-16(19)21/h3-4,6,8-10,12,17H,5,7,11,13H2,1-2H3. The van der Waals surface area contributed by atoms with E-state index in [0.29, 0.717) is 11.4 Å². The Balaban J connectivity index is 1.73. The molecule has 1 amide bonds. The molecule has 1 aliphatic rings. The molecule has 3 rings (SSSR count). The summed E-state index contributed by atoms with van der Waals surface area (Å²) >= 11 is 1.24. The van der Waals surface area contributed by atoms with Gasteiger partial charge in [0.25, 0.3) is 0 Å². The van der Waals surface area contributed by atoms with E-state index in [0.717, 1.165) is 29.9 Å². The molecule has 6 heteroatoms. The Morgan fingerprint density at radius 1 is 1.23 bits per heavy atom. The number of rotatable bonds is 6. The number of carbonyl (C=O) groups is 1. The van der Waals surface area contributed by atoms with Crippen LogP contribution < -0.4 is 9.47 Å². The first-order valence-corrected chi connectivity index (χ1v) is 9.51. The van der Waals surface area contributed by atoms with E-state index in [1.165, 1.54) is 17.8 Å². The average Bonchev–Trinajstić information content (AvgIpc) is 3.16. The van der Waals surface area contributed by atoms with Gasteiger partial charge in [0, 0.05) is 23.1 Å². The van der Waals surface area contributed by atoms with Gasteiger partial charge in [0.05, 0.1) is 26.0 Å². The highest BCUT2D eigenvalue weighted by molar-refractivity contribution is 8.00. The predicted octanol–water partition coefficient (Wildman–Crippen LogP) is 4.30. The van der Waals surface area contributed by atoms with Gasteiger partial charge in [-0.15, -0.1) is 11.8 Å². The Labute approximate surface area is 157 Å². The molecule has 0 saturated carbocycles. The van der Waals surface area contributed by atoms with Crippen molar-refractivity contribution < 1.29 is 18.7 Å². The Morgan fingerprint density at radius 2 is 2.04 bits per heavy atom. The predicted molar refractivity (Wildman–Crippen MR) is 100 cm³/mol. The van der Waals surface area contributed by atoms with Gasteiger partial charge in [-0.25, -0.2) is 4.39 Å². The van der Waals surface area contributed by atoms with Gasteiger partial charge in [0.15, 0.2) is 0 Å². The minimum absolute atomic E-state index is 0.0126. The van der Waals surface area contributed by atoms with Crippen molar-refractivity contribution in [3.05, 3.63) is 53.8 Å². The third-order valence-electron chi connectivity index (χ3n) is 4.56. The van der Waals surface area contributed by atoms with E-state index < -0.39 is 0 Å². The third kappa shape index (κ3) is 3.96. The lowest BCUT2D eigenvalue weighted by atomic mass is 10.0. The molecule has 0 N–H and O–H groups in total. The quantitative estimate of drug-likeness (QED) is 0.706. The molecule has 26 heavy (non-hydrogen) atoms. The first-order valence-electron chi connectivity index (χ1n) is 8.52.